The maximum atomic E-state index is 13.9. The Balaban J connectivity index is 2.00. The van der Waals surface area contributed by atoms with Crippen LogP contribution in [0.25, 0.3) is 0 Å². The number of para-hydroxylation sites is 1. The van der Waals surface area contributed by atoms with Gasteiger partial charge in [0, 0.05) is 5.02 Å². The van der Waals surface area contributed by atoms with E-state index in [0.717, 1.165) is 18.2 Å². The Hall–Kier alpha value is -2.49. The maximum Gasteiger partial charge on any atom is 0.417 e. The molecule has 0 bridgehead atoms. The van der Waals surface area contributed by atoms with Crippen LogP contribution in [0.2, 0.25) is 10.0 Å². The molecule has 0 spiro atoms. The highest BCUT2D eigenvalue weighted by Gasteiger charge is 2.34. The Morgan fingerprint density at radius 3 is 2.27 bits per heavy atom. The number of sulfonamides is 1. The van der Waals surface area contributed by atoms with E-state index in [1.165, 1.54) is 36.4 Å². The molecule has 0 fully saturated rings. The van der Waals surface area contributed by atoms with Gasteiger partial charge in [-0.15, -0.1) is 0 Å². The number of hydrogen-bond donors (Lipinski definition) is 1. The van der Waals surface area contributed by atoms with Crippen LogP contribution in [0.5, 0.6) is 11.5 Å². The molecule has 0 radical (unpaired) electrons. The lowest BCUT2D eigenvalue weighted by Crippen LogP contribution is -2.15. The number of anilines is 1. The van der Waals surface area contributed by atoms with Crippen molar-refractivity contribution in [1.29, 1.82) is 0 Å². The van der Waals surface area contributed by atoms with Crippen molar-refractivity contribution in [2.45, 2.75) is 11.1 Å². The quantitative estimate of drug-likeness (QED) is 0.412. The summed E-state index contributed by atoms with van der Waals surface area (Å²) in [6.07, 6.45) is -4.85. The van der Waals surface area contributed by atoms with Crippen LogP contribution in [0.15, 0.2) is 65.6 Å². The van der Waals surface area contributed by atoms with Crippen LogP contribution in [-0.4, -0.2) is 8.42 Å². The number of ether oxygens (including phenoxy) is 1. The standard InChI is InChI=1S/C19H11Cl2F4NO3S/c20-11-5-8-18(29-17-4-2-1-3-15(17)22)16(9-11)26-30(27,28)12-6-7-14(21)13(10-12)19(23,24)25/h1-10,26H. The molecular weight excluding hydrogens is 469 g/mol. The van der Waals surface area contributed by atoms with Gasteiger partial charge in [-0.1, -0.05) is 35.3 Å². The Morgan fingerprint density at radius 2 is 1.60 bits per heavy atom. The zero-order valence-electron chi connectivity index (χ0n) is 14.7. The fourth-order valence-electron chi connectivity index (χ4n) is 2.41. The summed E-state index contributed by atoms with van der Waals surface area (Å²) in [5, 5.41) is -0.534. The van der Waals surface area contributed by atoms with Crippen LogP contribution in [0, 0.1) is 5.82 Å². The summed E-state index contributed by atoms with van der Waals surface area (Å²) < 4.78 is 86.0. The second-order valence-corrected chi connectivity index (χ2v) is 8.44. The minimum atomic E-state index is -4.85. The number of nitrogens with one attached hydrogen (secondary N) is 1. The van der Waals surface area contributed by atoms with Crippen LogP contribution < -0.4 is 9.46 Å². The molecule has 3 rings (SSSR count). The van der Waals surface area contributed by atoms with Crippen molar-refractivity contribution in [2.24, 2.45) is 0 Å². The summed E-state index contributed by atoms with van der Waals surface area (Å²) >= 11 is 11.4. The minimum Gasteiger partial charge on any atom is -0.452 e. The molecular formula is C19H11Cl2F4NO3S. The van der Waals surface area contributed by atoms with E-state index in [2.05, 4.69) is 4.72 Å². The highest BCUT2D eigenvalue weighted by Crippen LogP contribution is 2.38. The van der Waals surface area contributed by atoms with E-state index in [1.807, 2.05) is 0 Å². The molecule has 1 N–H and O–H groups in total. The third kappa shape index (κ3) is 4.97. The SMILES string of the molecule is O=S(=O)(Nc1cc(Cl)ccc1Oc1ccccc1F)c1ccc(Cl)c(C(F)(F)F)c1. The van der Waals surface area contributed by atoms with Crippen molar-refractivity contribution in [3.8, 4) is 11.5 Å². The average Bonchev–Trinajstić information content (AvgIpc) is 2.64. The molecule has 0 aliphatic carbocycles. The van der Waals surface area contributed by atoms with Crippen molar-refractivity contribution in [3.05, 3.63) is 82.1 Å². The minimum absolute atomic E-state index is 0.112. The lowest BCUT2D eigenvalue weighted by atomic mass is 10.2. The van der Waals surface area contributed by atoms with E-state index in [1.54, 1.807) is 0 Å². The van der Waals surface area contributed by atoms with Gasteiger partial charge in [-0.3, -0.25) is 4.72 Å². The maximum absolute atomic E-state index is 13.9. The molecule has 0 atom stereocenters. The summed E-state index contributed by atoms with van der Waals surface area (Å²) in [7, 11) is -4.50. The van der Waals surface area contributed by atoms with Gasteiger partial charge in [0.05, 0.1) is 21.2 Å². The fourth-order valence-corrected chi connectivity index (χ4v) is 3.89. The molecule has 0 saturated heterocycles. The average molecular weight is 480 g/mol. The largest absolute Gasteiger partial charge is 0.452 e. The molecule has 3 aromatic carbocycles. The van der Waals surface area contributed by atoms with Gasteiger partial charge in [0.25, 0.3) is 10.0 Å². The Morgan fingerprint density at radius 1 is 0.900 bits per heavy atom. The summed E-state index contributed by atoms with van der Waals surface area (Å²) in [6, 6.07) is 11.4. The van der Waals surface area contributed by atoms with Gasteiger partial charge in [0.15, 0.2) is 17.3 Å². The Labute approximate surface area is 179 Å². The van der Waals surface area contributed by atoms with Gasteiger partial charge in [-0.25, -0.2) is 12.8 Å². The molecule has 0 heterocycles. The lowest BCUT2D eigenvalue weighted by Gasteiger charge is -2.15. The summed E-state index contributed by atoms with van der Waals surface area (Å²) in [5.41, 5.74) is -1.50. The smallest absolute Gasteiger partial charge is 0.417 e. The Bertz CT molecular complexity index is 1200. The molecule has 0 unspecified atom stereocenters. The van der Waals surface area contributed by atoms with Crippen molar-refractivity contribution < 1.29 is 30.7 Å². The van der Waals surface area contributed by atoms with Gasteiger partial charge in [-0.05, 0) is 48.5 Å². The monoisotopic (exact) mass is 479 g/mol. The topological polar surface area (TPSA) is 55.4 Å². The van der Waals surface area contributed by atoms with Crippen LogP contribution in [0.1, 0.15) is 5.56 Å². The predicted molar refractivity (Wildman–Crippen MR) is 105 cm³/mol. The Kier molecular flexibility index (Phi) is 6.16. The molecule has 4 nitrogen and oxygen atoms in total. The third-order valence-electron chi connectivity index (χ3n) is 3.80. The van der Waals surface area contributed by atoms with Gasteiger partial charge in [0.2, 0.25) is 0 Å². The molecule has 0 aliphatic heterocycles. The van der Waals surface area contributed by atoms with Crippen LogP contribution in [0.3, 0.4) is 0 Å². The highest BCUT2D eigenvalue weighted by atomic mass is 35.5. The van der Waals surface area contributed by atoms with Crippen molar-refractivity contribution >= 4 is 38.9 Å². The molecule has 30 heavy (non-hydrogen) atoms. The molecule has 3 aromatic rings. The first kappa shape index (κ1) is 22.2. The predicted octanol–water partition coefficient (Wildman–Crippen LogP) is 6.74. The third-order valence-corrected chi connectivity index (χ3v) is 5.72. The molecule has 0 aliphatic rings. The summed E-state index contributed by atoms with van der Waals surface area (Å²) in [4.78, 5) is -0.684. The van der Waals surface area contributed by atoms with E-state index in [9.17, 15) is 26.0 Å². The van der Waals surface area contributed by atoms with Crippen LogP contribution >= 0.6 is 23.2 Å². The van der Waals surface area contributed by atoms with Gasteiger partial charge in [0.1, 0.15) is 0 Å². The lowest BCUT2D eigenvalue weighted by molar-refractivity contribution is -0.137. The molecule has 0 saturated carbocycles. The van der Waals surface area contributed by atoms with E-state index in [0.29, 0.717) is 6.07 Å². The molecule has 0 aromatic heterocycles. The van der Waals surface area contributed by atoms with E-state index >= 15 is 0 Å². The second-order valence-electron chi connectivity index (χ2n) is 5.92. The summed E-state index contributed by atoms with van der Waals surface area (Å²) in [6.45, 7) is 0. The van der Waals surface area contributed by atoms with E-state index in [-0.39, 0.29) is 22.2 Å². The van der Waals surface area contributed by atoms with Crippen molar-refractivity contribution in [2.75, 3.05) is 4.72 Å². The number of benzene rings is 3. The number of halogens is 6. The van der Waals surface area contributed by atoms with Crippen LogP contribution in [-0.2, 0) is 16.2 Å². The molecule has 11 heteroatoms. The first-order valence-electron chi connectivity index (χ1n) is 8.09. The molecule has 158 valence electrons. The van der Waals surface area contributed by atoms with Crippen LogP contribution in [0.4, 0.5) is 23.2 Å². The zero-order valence-corrected chi connectivity index (χ0v) is 17.0. The zero-order chi connectivity index (χ0) is 22.1. The second kappa shape index (κ2) is 8.33. The normalized spacial score (nSPS) is 11.9. The van der Waals surface area contributed by atoms with Crippen molar-refractivity contribution in [1.82, 2.24) is 0 Å². The number of alkyl halides is 3. The van der Waals surface area contributed by atoms with Gasteiger partial charge < -0.3 is 4.74 Å². The fraction of sp³-hybridized carbons (Fsp3) is 0.0526. The first-order valence-corrected chi connectivity index (χ1v) is 10.3. The molecule has 0 amide bonds. The number of rotatable bonds is 5. The van der Waals surface area contributed by atoms with Gasteiger partial charge in [-0.2, -0.15) is 13.2 Å². The highest BCUT2D eigenvalue weighted by molar-refractivity contribution is 7.92. The van der Waals surface area contributed by atoms with Crippen molar-refractivity contribution in [3.63, 3.8) is 0 Å². The first-order chi connectivity index (χ1) is 14.0. The summed E-state index contributed by atoms with van der Waals surface area (Å²) in [5.74, 6) is -1.00. The number of hydrogen-bond acceptors (Lipinski definition) is 3. The van der Waals surface area contributed by atoms with E-state index < -0.39 is 37.5 Å². The van der Waals surface area contributed by atoms with Gasteiger partial charge >= 0.3 is 6.18 Å². The van der Waals surface area contributed by atoms with E-state index in [4.69, 9.17) is 27.9 Å².